The molecule has 0 atom stereocenters. The van der Waals surface area contributed by atoms with Crippen LogP contribution in [0.5, 0.6) is 0 Å². The molecule has 6 nitrogen and oxygen atoms in total. The van der Waals surface area contributed by atoms with Gasteiger partial charge in [-0.05, 0) is 49.6 Å². The van der Waals surface area contributed by atoms with Crippen molar-refractivity contribution in [3.8, 4) is 0 Å². The van der Waals surface area contributed by atoms with E-state index in [-0.39, 0.29) is 12.2 Å². The predicted molar refractivity (Wildman–Crippen MR) is 109 cm³/mol. The SMILES string of the molecule is Cc1cccc(CCCNC(=O)CN(c2ccc(F)cc2)S(=O)(=O)N(C)C)c1. The molecule has 1 N–H and O–H groups in total. The molecule has 2 aromatic carbocycles. The monoisotopic (exact) mass is 407 g/mol. The van der Waals surface area contributed by atoms with Crippen LogP contribution in [0.4, 0.5) is 10.1 Å². The van der Waals surface area contributed by atoms with Crippen LogP contribution in [0, 0.1) is 12.7 Å². The number of carbonyl (C=O) groups excluding carboxylic acids is 1. The number of carbonyl (C=O) groups is 1. The molecule has 28 heavy (non-hydrogen) atoms. The van der Waals surface area contributed by atoms with E-state index in [4.69, 9.17) is 0 Å². The van der Waals surface area contributed by atoms with Gasteiger partial charge in [0.2, 0.25) is 5.91 Å². The second-order valence-electron chi connectivity index (χ2n) is 6.72. The van der Waals surface area contributed by atoms with Crippen molar-refractivity contribution in [3.05, 3.63) is 65.5 Å². The Balaban J connectivity index is 1.97. The fraction of sp³-hybridized carbons (Fsp3) is 0.350. The van der Waals surface area contributed by atoms with E-state index in [9.17, 15) is 17.6 Å². The number of rotatable bonds is 9. The summed E-state index contributed by atoms with van der Waals surface area (Å²) in [5, 5.41) is 2.75. The molecule has 0 aliphatic heterocycles. The van der Waals surface area contributed by atoms with E-state index in [1.807, 2.05) is 25.1 Å². The molecule has 0 spiro atoms. The first-order chi connectivity index (χ1) is 13.2. The number of hydrogen-bond acceptors (Lipinski definition) is 3. The summed E-state index contributed by atoms with van der Waals surface area (Å²) in [6.45, 7) is 2.09. The lowest BCUT2D eigenvalue weighted by Crippen LogP contribution is -2.46. The molecule has 2 rings (SSSR count). The lowest BCUT2D eigenvalue weighted by molar-refractivity contribution is -0.119. The van der Waals surface area contributed by atoms with Gasteiger partial charge in [-0.15, -0.1) is 0 Å². The number of benzene rings is 2. The van der Waals surface area contributed by atoms with Crippen LogP contribution in [0.2, 0.25) is 0 Å². The van der Waals surface area contributed by atoms with Crippen LogP contribution in [0.3, 0.4) is 0 Å². The normalized spacial score (nSPS) is 11.5. The highest BCUT2D eigenvalue weighted by Crippen LogP contribution is 2.19. The molecular formula is C20H26FN3O3S. The van der Waals surface area contributed by atoms with Crippen molar-refractivity contribution in [1.82, 2.24) is 9.62 Å². The summed E-state index contributed by atoms with van der Waals surface area (Å²) in [6, 6.07) is 13.1. The van der Waals surface area contributed by atoms with Crippen LogP contribution < -0.4 is 9.62 Å². The zero-order chi connectivity index (χ0) is 20.7. The van der Waals surface area contributed by atoms with Crippen molar-refractivity contribution in [2.24, 2.45) is 0 Å². The average Bonchev–Trinajstić information content (AvgIpc) is 2.64. The number of aryl methyl sites for hydroxylation is 2. The molecule has 152 valence electrons. The van der Waals surface area contributed by atoms with Crippen LogP contribution in [0.15, 0.2) is 48.5 Å². The molecular weight excluding hydrogens is 381 g/mol. The number of nitrogens with zero attached hydrogens (tertiary/aromatic N) is 2. The third-order valence-electron chi connectivity index (χ3n) is 4.19. The van der Waals surface area contributed by atoms with E-state index in [0.29, 0.717) is 6.54 Å². The molecule has 0 radical (unpaired) electrons. The summed E-state index contributed by atoms with van der Waals surface area (Å²) in [4.78, 5) is 12.3. The summed E-state index contributed by atoms with van der Waals surface area (Å²) >= 11 is 0. The molecule has 0 bridgehead atoms. The highest BCUT2D eigenvalue weighted by molar-refractivity contribution is 7.90. The van der Waals surface area contributed by atoms with Crippen molar-refractivity contribution < 1.29 is 17.6 Å². The Bertz CT molecular complexity index is 899. The van der Waals surface area contributed by atoms with Gasteiger partial charge in [0.25, 0.3) is 0 Å². The Kier molecular flexibility index (Phi) is 7.53. The smallest absolute Gasteiger partial charge is 0.304 e. The maximum atomic E-state index is 13.2. The van der Waals surface area contributed by atoms with Crippen LogP contribution >= 0.6 is 0 Å². The number of nitrogens with one attached hydrogen (secondary N) is 1. The Morgan fingerprint density at radius 3 is 2.39 bits per heavy atom. The molecule has 8 heteroatoms. The summed E-state index contributed by atoms with van der Waals surface area (Å²) in [5.74, 6) is -0.898. The topological polar surface area (TPSA) is 69.7 Å². The average molecular weight is 408 g/mol. The van der Waals surface area contributed by atoms with Crippen molar-refractivity contribution >= 4 is 21.8 Å². The van der Waals surface area contributed by atoms with Crippen LogP contribution in [0.25, 0.3) is 0 Å². The first-order valence-corrected chi connectivity index (χ1v) is 10.4. The van der Waals surface area contributed by atoms with E-state index < -0.39 is 21.9 Å². The van der Waals surface area contributed by atoms with Gasteiger partial charge in [0.1, 0.15) is 12.4 Å². The number of amides is 1. The van der Waals surface area contributed by atoms with E-state index in [1.165, 1.54) is 37.4 Å². The zero-order valence-corrected chi connectivity index (χ0v) is 17.2. The Morgan fingerprint density at radius 1 is 1.11 bits per heavy atom. The molecule has 2 aromatic rings. The van der Waals surface area contributed by atoms with Gasteiger partial charge in [-0.1, -0.05) is 29.8 Å². The van der Waals surface area contributed by atoms with E-state index >= 15 is 0 Å². The highest BCUT2D eigenvalue weighted by Gasteiger charge is 2.27. The van der Waals surface area contributed by atoms with Crippen molar-refractivity contribution in [1.29, 1.82) is 0 Å². The molecule has 1 amide bonds. The van der Waals surface area contributed by atoms with Crippen LogP contribution in [0.1, 0.15) is 17.5 Å². The van der Waals surface area contributed by atoms with Gasteiger partial charge in [-0.2, -0.15) is 12.7 Å². The van der Waals surface area contributed by atoms with Crippen molar-refractivity contribution in [3.63, 3.8) is 0 Å². The standard InChI is InChI=1S/C20H26FN3O3S/c1-16-6-4-7-17(14-16)8-5-13-22-20(25)15-24(28(26,27)23(2)3)19-11-9-18(21)10-12-19/h4,6-7,9-12,14H,5,8,13,15H2,1-3H3,(H,22,25). The number of hydrogen-bond donors (Lipinski definition) is 1. The molecule has 0 aliphatic carbocycles. The van der Waals surface area contributed by atoms with Gasteiger partial charge >= 0.3 is 10.2 Å². The molecule has 0 fully saturated rings. The summed E-state index contributed by atoms with van der Waals surface area (Å²) in [7, 11) is -1.13. The second-order valence-corrected chi connectivity index (χ2v) is 8.78. The predicted octanol–water partition coefficient (Wildman–Crippen LogP) is 2.50. The highest BCUT2D eigenvalue weighted by atomic mass is 32.2. The van der Waals surface area contributed by atoms with Crippen LogP contribution in [-0.2, 0) is 21.4 Å². The minimum Gasteiger partial charge on any atom is -0.355 e. The molecule has 0 heterocycles. The van der Waals surface area contributed by atoms with Crippen LogP contribution in [-0.4, -0.2) is 45.8 Å². The number of halogens is 1. The first-order valence-electron chi connectivity index (χ1n) is 8.98. The maximum Gasteiger partial charge on any atom is 0.304 e. The van der Waals surface area contributed by atoms with Crippen molar-refractivity contribution in [2.75, 3.05) is 31.5 Å². The fourth-order valence-electron chi connectivity index (χ4n) is 2.68. The summed E-state index contributed by atoms with van der Waals surface area (Å²) in [5.41, 5.74) is 2.60. The molecule has 0 saturated carbocycles. The Morgan fingerprint density at radius 2 is 1.79 bits per heavy atom. The quantitative estimate of drug-likeness (QED) is 0.650. The van der Waals surface area contributed by atoms with Gasteiger partial charge in [-0.25, -0.2) is 8.70 Å². The second kappa shape index (κ2) is 9.66. The Hall–Kier alpha value is -2.45. The minimum absolute atomic E-state index is 0.227. The summed E-state index contributed by atoms with van der Waals surface area (Å²) in [6.07, 6.45) is 1.56. The Labute approximate surface area is 166 Å². The fourth-order valence-corrected chi connectivity index (χ4v) is 3.75. The molecule has 0 unspecified atom stereocenters. The third-order valence-corrected chi connectivity index (χ3v) is 6.01. The van der Waals surface area contributed by atoms with Gasteiger partial charge < -0.3 is 5.32 Å². The largest absolute Gasteiger partial charge is 0.355 e. The summed E-state index contributed by atoms with van der Waals surface area (Å²) < 4.78 is 40.3. The van der Waals surface area contributed by atoms with Gasteiger partial charge in [0.05, 0.1) is 5.69 Å². The van der Waals surface area contributed by atoms with Crippen molar-refractivity contribution in [2.45, 2.75) is 19.8 Å². The van der Waals surface area contributed by atoms with E-state index in [2.05, 4.69) is 11.4 Å². The molecule has 0 aromatic heterocycles. The van der Waals surface area contributed by atoms with Gasteiger partial charge in [0, 0.05) is 20.6 Å². The zero-order valence-electron chi connectivity index (χ0n) is 16.4. The molecule has 0 aliphatic rings. The third kappa shape index (κ3) is 6.03. The molecule has 0 saturated heterocycles. The van der Waals surface area contributed by atoms with Gasteiger partial charge in [0.15, 0.2) is 0 Å². The van der Waals surface area contributed by atoms with Gasteiger partial charge in [-0.3, -0.25) is 4.79 Å². The lowest BCUT2D eigenvalue weighted by atomic mass is 10.1. The maximum absolute atomic E-state index is 13.2. The first kappa shape index (κ1) is 21.8. The van der Waals surface area contributed by atoms with E-state index in [1.54, 1.807) is 0 Å². The lowest BCUT2D eigenvalue weighted by Gasteiger charge is -2.26. The number of anilines is 1. The minimum atomic E-state index is -3.89. The van der Waals surface area contributed by atoms with E-state index in [0.717, 1.165) is 33.6 Å².